The van der Waals surface area contributed by atoms with Gasteiger partial charge in [0.1, 0.15) is 0 Å². The third kappa shape index (κ3) is 2.78. The summed E-state index contributed by atoms with van der Waals surface area (Å²) >= 11 is 0. The lowest BCUT2D eigenvalue weighted by atomic mass is 9.92. The number of rotatable bonds is 2. The van der Waals surface area contributed by atoms with E-state index in [1.165, 1.54) is 9.47 Å². The van der Waals surface area contributed by atoms with Crippen LogP contribution in [0.25, 0.3) is 21.8 Å². The summed E-state index contributed by atoms with van der Waals surface area (Å²) in [5.74, 6) is -0.696. The molecule has 0 spiro atoms. The topological polar surface area (TPSA) is 70.8 Å². The second kappa shape index (κ2) is 7.30. The first-order valence-corrected chi connectivity index (χ1v) is 11.4. The van der Waals surface area contributed by atoms with E-state index < -0.39 is 0 Å². The van der Waals surface area contributed by atoms with E-state index in [9.17, 15) is 14.4 Å². The van der Waals surface area contributed by atoms with Gasteiger partial charge in [0.15, 0.2) is 0 Å². The molecule has 2 aliphatic heterocycles. The van der Waals surface area contributed by atoms with E-state index in [4.69, 9.17) is 0 Å². The second-order valence-corrected chi connectivity index (χ2v) is 9.17. The molecule has 3 aromatic carbocycles. The van der Waals surface area contributed by atoms with Gasteiger partial charge in [-0.2, -0.15) is 0 Å². The van der Waals surface area contributed by atoms with E-state index in [1.54, 1.807) is 42.9 Å². The summed E-state index contributed by atoms with van der Waals surface area (Å²) in [6.07, 6.45) is 0. The van der Waals surface area contributed by atoms with Gasteiger partial charge in [-0.05, 0) is 43.4 Å². The highest BCUT2D eigenvalue weighted by atomic mass is 16.2. The van der Waals surface area contributed by atoms with Crippen LogP contribution in [0.2, 0.25) is 0 Å². The van der Waals surface area contributed by atoms with E-state index in [0.717, 1.165) is 48.2 Å². The van der Waals surface area contributed by atoms with E-state index >= 15 is 0 Å². The highest BCUT2D eigenvalue weighted by molar-refractivity contribution is 6.36. The molecule has 2 amide bonds. The highest BCUT2D eigenvalue weighted by Gasteiger charge is 2.35. The number of aryl methyl sites for hydroxylation is 2. The molecule has 34 heavy (non-hydrogen) atoms. The van der Waals surface area contributed by atoms with E-state index in [-0.39, 0.29) is 17.5 Å². The van der Waals surface area contributed by atoms with Crippen molar-refractivity contribution in [2.75, 3.05) is 43.0 Å². The van der Waals surface area contributed by atoms with Gasteiger partial charge in [-0.15, -0.1) is 0 Å². The first kappa shape index (κ1) is 20.7. The lowest BCUT2D eigenvalue weighted by molar-refractivity contribution is 0.0893. The van der Waals surface area contributed by atoms with Gasteiger partial charge < -0.3 is 9.80 Å². The molecule has 8 heteroatoms. The summed E-state index contributed by atoms with van der Waals surface area (Å²) in [6.45, 7) is 3.75. The van der Waals surface area contributed by atoms with Crippen LogP contribution in [0.3, 0.4) is 0 Å². The van der Waals surface area contributed by atoms with Crippen molar-refractivity contribution < 1.29 is 9.59 Å². The maximum absolute atomic E-state index is 13.6. The third-order valence-corrected chi connectivity index (χ3v) is 7.24. The number of carbonyl (C=O) groups excluding carboxylic acids is 2. The van der Waals surface area contributed by atoms with Crippen molar-refractivity contribution in [2.24, 2.45) is 14.1 Å². The molecule has 0 N–H and O–H groups in total. The number of amides is 2. The highest BCUT2D eigenvalue weighted by Crippen LogP contribution is 2.38. The Bertz CT molecular complexity index is 1550. The average molecular weight is 456 g/mol. The van der Waals surface area contributed by atoms with Crippen LogP contribution in [-0.4, -0.2) is 59.1 Å². The number of likely N-dealkylation sites (N-methyl/N-ethyl adjacent to an activating group) is 1. The zero-order valence-corrected chi connectivity index (χ0v) is 19.4. The number of imidazole rings is 1. The molecule has 0 radical (unpaired) electrons. The Balaban J connectivity index is 1.49. The second-order valence-electron chi connectivity index (χ2n) is 9.17. The summed E-state index contributed by atoms with van der Waals surface area (Å²) in [7, 11) is 5.51. The van der Waals surface area contributed by atoms with Crippen LogP contribution in [0.5, 0.6) is 0 Å². The number of nitrogens with zero attached hydrogens (tertiary/aromatic N) is 5. The lowest BCUT2D eigenvalue weighted by Crippen LogP contribution is -2.45. The van der Waals surface area contributed by atoms with Crippen molar-refractivity contribution in [2.45, 2.75) is 0 Å². The number of anilines is 2. The average Bonchev–Trinajstić information content (AvgIpc) is 3.06. The van der Waals surface area contributed by atoms with Gasteiger partial charge in [-0.1, -0.05) is 12.1 Å². The lowest BCUT2D eigenvalue weighted by Gasteiger charge is -2.35. The fourth-order valence-electron chi connectivity index (χ4n) is 5.27. The van der Waals surface area contributed by atoms with E-state index in [1.807, 2.05) is 24.3 Å². The van der Waals surface area contributed by atoms with Gasteiger partial charge in [-0.25, -0.2) is 9.69 Å². The maximum atomic E-state index is 13.6. The number of benzene rings is 3. The van der Waals surface area contributed by atoms with Crippen molar-refractivity contribution in [1.29, 1.82) is 0 Å². The zero-order chi connectivity index (χ0) is 23.7. The number of aromatic nitrogens is 2. The van der Waals surface area contributed by atoms with Crippen LogP contribution in [0.15, 0.2) is 53.3 Å². The van der Waals surface area contributed by atoms with Crippen LogP contribution in [0.1, 0.15) is 20.7 Å². The molecule has 0 bridgehead atoms. The summed E-state index contributed by atoms with van der Waals surface area (Å²) < 4.78 is 3.07. The number of piperazine rings is 1. The Morgan fingerprint density at radius 1 is 0.706 bits per heavy atom. The van der Waals surface area contributed by atoms with Crippen molar-refractivity contribution in [3.05, 3.63) is 70.1 Å². The molecular weight excluding hydrogens is 430 g/mol. The number of hydrogen-bond donors (Lipinski definition) is 0. The van der Waals surface area contributed by atoms with Crippen molar-refractivity contribution >= 4 is 45.0 Å². The van der Waals surface area contributed by atoms with Gasteiger partial charge in [0.25, 0.3) is 11.8 Å². The molecular formula is C26H25N5O3. The molecule has 0 saturated carbocycles. The largest absolute Gasteiger partial charge is 0.368 e. The number of hydrogen-bond acceptors (Lipinski definition) is 5. The van der Waals surface area contributed by atoms with Gasteiger partial charge in [0.05, 0.1) is 16.7 Å². The fraction of sp³-hybridized carbons (Fsp3) is 0.269. The molecule has 4 aromatic rings. The smallest absolute Gasteiger partial charge is 0.328 e. The molecule has 1 fully saturated rings. The monoisotopic (exact) mass is 455 g/mol. The fourth-order valence-corrected chi connectivity index (χ4v) is 5.27. The Morgan fingerprint density at radius 3 is 2.12 bits per heavy atom. The third-order valence-electron chi connectivity index (χ3n) is 7.24. The molecule has 0 atom stereocenters. The van der Waals surface area contributed by atoms with Crippen LogP contribution in [0.4, 0.5) is 11.4 Å². The maximum Gasteiger partial charge on any atom is 0.328 e. The zero-order valence-electron chi connectivity index (χ0n) is 19.4. The predicted molar refractivity (Wildman–Crippen MR) is 133 cm³/mol. The Hall–Kier alpha value is -3.91. The van der Waals surface area contributed by atoms with Gasteiger partial charge in [-0.3, -0.25) is 18.7 Å². The van der Waals surface area contributed by atoms with Crippen molar-refractivity contribution in [3.63, 3.8) is 0 Å². The van der Waals surface area contributed by atoms with Crippen LogP contribution in [-0.2, 0) is 14.1 Å². The van der Waals surface area contributed by atoms with Crippen LogP contribution >= 0.6 is 0 Å². The number of imide groups is 1. The van der Waals surface area contributed by atoms with Gasteiger partial charge in [0, 0.05) is 67.9 Å². The summed E-state index contributed by atoms with van der Waals surface area (Å²) in [5, 5.41) is 1.65. The first-order valence-electron chi connectivity index (χ1n) is 11.4. The molecule has 3 heterocycles. The molecule has 0 unspecified atom stereocenters. The van der Waals surface area contributed by atoms with E-state index in [0.29, 0.717) is 22.3 Å². The van der Waals surface area contributed by atoms with E-state index in [2.05, 4.69) is 16.8 Å². The van der Waals surface area contributed by atoms with Gasteiger partial charge >= 0.3 is 5.69 Å². The normalized spacial score (nSPS) is 16.8. The quantitative estimate of drug-likeness (QED) is 0.435. The molecule has 1 aromatic heterocycles. The first-order chi connectivity index (χ1) is 16.4. The molecule has 2 aliphatic rings. The molecule has 8 nitrogen and oxygen atoms in total. The number of fused-ring (bicyclic) bond motifs is 1. The van der Waals surface area contributed by atoms with Crippen LogP contribution in [0, 0.1) is 0 Å². The number of carbonyl (C=O) groups is 2. The predicted octanol–water partition coefficient (Wildman–Crippen LogP) is 2.58. The Morgan fingerprint density at radius 2 is 1.38 bits per heavy atom. The summed E-state index contributed by atoms with van der Waals surface area (Å²) in [4.78, 5) is 45.5. The molecule has 172 valence electrons. The standard InChI is InChI=1S/C26H25N5O3/c1-27-11-13-30(14-12-27)20-10-8-19-23-17(20)5-4-6-18(23)24(32)31(25(19)33)16-7-9-21-22(15-16)29(3)26(34)28(21)2/h4-10,15H,11-14H2,1-3H3. The van der Waals surface area contributed by atoms with Gasteiger partial charge in [0.2, 0.25) is 0 Å². The van der Waals surface area contributed by atoms with Crippen LogP contribution < -0.4 is 15.5 Å². The Labute approximate surface area is 196 Å². The van der Waals surface area contributed by atoms with Crippen molar-refractivity contribution in [1.82, 2.24) is 14.0 Å². The molecule has 1 saturated heterocycles. The summed E-state index contributed by atoms with van der Waals surface area (Å²) in [6, 6.07) is 14.8. The SMILES string of the molecule is CN1CCN(c2ccc3c4c(cccc24)C(=O)N(c2ccc4c(c2)n(C)c(=O)n4C)C3=O)CC1. The van der Waals surface area contributed by atoms with Crippen molar-refractivity contribution in [3.8, 4) is 0 Å². The minimum absolute atomic E-state index is 0.157. The Kier molecular flexibility index (Phi) is 4.44. The minimum atomic E-state index is -0.348. The molecule has 6 rings (SSSR count). The summed E-state index contributed by atoms with van der Waals surface area (Å²) in [5.41, 5.74) is 3.80. The molecule has 0 aliphatic carbocycles. The minimum Gasteiger partial charge on any atom is -0.368 e.